The number of carbonyl (C=O) groups is 2. The molecule has 1 aromatic rings. The second-order valence-corrected chi connectivity index (χ2v) is 2.99. The molecule has 2 rings (SSSR count). The lowest BCUT2D eigenvalue weighted by molar-refractivity contribution is 0.0442. The quantitative estimate of drug-likeness (QED) is 0.361. The van der Waals surface area contributed by atoms with E-state index in [9.17, 15) is 19.8 Å². The summed E-state index contributed by atoms with van der Waals surface area (Å²) < 4.78 is 4.25. The first-order valence-corrected chi connectivity index (χ1v) is 3.84. The van der Waals surface area contributed by atoms with Gasteiger partial charge in [0.25, 0.3) is 0 Å². The Kier molecular flexibility index (Phi) is 1.51. The van der Waals surface area contributed by atoms with Crippen molar-refractivity contribution in [3.05, 3.63) is 22.8 Å². The van der Waals surface area contributed by atoms with Gasteiger partial charge in [0.05, 0.1) is 0 Å². The molecule has 1 aromatic carbocycles. The number of phenolic OH excluding ortho intramolecular Hbond substituents is 2. The van der Waals surface area contributed by atoms with Crippen molar-refractivity contribution in [2.75, 3.05) is 0 Å². The molecule has 0 saturated carbocycles. The Morgan fingerprint density at radius 3 is 2.36 bits per heavy atom. The van der Waals surface area contributed by atoms with Gasteiger partial charge in [-0.05, 0) is 18.6 Å². The first-order chi connectivity index (χ1) is 6.52. The number of benzene rings is 1. The van der Waals surface area contributed by atoms with Crippen LogP contribution in [0.4, 0.5) is 0 Å². The van der Waals surface area contributed by atoms with Gasteiger partial charge in [0, 0.05) is 0 Å². The standard InChI is InChI=1S/C9H6O5/c1-3-2-4(10)5-6(7(3)11)9(13)14-8(5)12/h2,10-11H,1H3. The first kappa shape index (κ1) is 8.55. The van der Waals surface area contributed by atoms with Crippen LogP contribution in [0, 0.1) is 6.92 Å². The van der Waals surface area contributed by atoms with Crippen molar-refractivity contribution in [2.24, 2.45) is 0 Å². The number of phenols is 2. The summed E-state index contributed by atoms with van der Waals surface area (Å²) in [6.45, 7) is 1.51. The minimum Gasteiger partial charge on any atom is -0.507 e. The Morgan fingerprint density at radius 1 is 1.14 bits per heavy atom. The second-order valence-electron chi connectivity index (χ2n) is 2.99. The lowest BCUT2D eigenvalue weighted by atomic mass is 10.0. The summed E-state index contributed by atoms with van der Waals surface area (Å²) >= 11 is 0. The van der Waals surface area contributed by atoms with Crippen LogP contribution < -0.4 is 0 Å². The Labute approximate surface area is 78.5 Å². The fourth-order valence-corrected chi connectivity index (χ4v) is 1.38. The largest absolute Gasteiger partial charge is 0.507 e. The van der Waals surface area contributed by atoms with Gasteiger partial charge in [-0.15, -0.1) is 0 Å². The molecule has 2 N–H and O–H groups in total. The molecule has 14 heavy (non-hydrogen) atoms. The first-order valence-electron chi connectivity index (χ1n) is 3.84. The van der Waals surface area contributed by atoms with Crippen LogP contribution in [-0.4, -0.2) is 22.2 Å². The number of aryl methyl sites for hydroxylation is 1. The molecule has 0 saturated heterocycles. The third kappa shape index (κ3) is 0.891. The van der Waals surface area contributed by atoms with Crippen LogP contribution in [0.3, 0.4) is 0 Å². The molecule has 1 aliphatic rings. The van der Waals surface area contributed by atoms with Crippen LogP contribution in [0.5, 0.6) is 11.5 Å². The van der Waals surface area contributed by atoms with Crippen LogP contribution in [-0.2, 0) is 4.74 Å². The maximum Gasteiger partial charge on any atom is 0.350 e. The van der Waals surface area contributed by atoms with E-state index in [0.29, 0.717) is 5.56 Å². The van der Waals surface area contributed by atoms with E-state index in [0.717, 1.165) is 0 Å². The lowest BCUT2D eigenvalue weighted by Crippen LogP contribution is -1.97. The highest BCUT2D eigenvalue weighted by atomic mass is 16.6. The van der Waals surface area contributed by atoms with Crippen molar-refractivity contribution < 1.29 is 24.5 Å². The van der Waals surface area contributed by atoms with Gasteiger partial charge in [0.15, 0.2) is 0 Å². The van der Waals surface area contributed by atoms with Gasteiger partial charge >= 0.3 is 11.9 Å². The summed E-state index contributed by atoms with van der Waals surface area (Å²) in [5, 5.41) is 18.8. The lowest BCUT2D eigenvalue weighted by Gasteiger charge is -2.03. The Hall–Kier alpha value is -2.04. The zero-order chi connectivity index (χ0) is 10.5. The molecule has 0 bridgehead atoms. The van der Waals surface area contributed by atoms with Crippen LogP contribution in [0.25, 0.3) is 0 Å². The molecule has 0 aliphatic carbocycles. The number of ether oxygens (including phenoxy) is 1. The molecule has 0 aromatic heterocycles. The van der Waals surface area contributed by atoms with Crippen LogP contribution in [0.1, 0.15) is 26.3 Å². The number of rotatable bonds is 0. The SMILES string of the molecule is Cc1cc(O)c2c(c1O)C(=O)OC2=O. The average Bonchev–Trinajstić information content (AvgIpc) is 2.38. The normalized spacial score (nSPS) is 14.1. The monoisotopic (exact) mass is 194 g/mol. The van der Waals surface area contributed by atoms with Crippen LogP contribution in [0.15, 0.2) is 6.07 Å². The summed E-state index contributed by atoms with van der Waals surface area (Å²) in [5.41, 5.74) is -0.210. The third-order valence-electron chi connectivity index (χ3n) is 2.06. The Balaban J connectivity index is 2.86. The molecule has 0 amide bonds. The van der Waals surface area contributed by atoms with Crippen molar-refractivity contribution in [1.82, 2.24) is 0 Å². The summed E-state index contributed by atoms with van der Waals surface area (Å²) in [6.07, 6.45) is 0. The van der Waals surface area contributed by atoms with Gasteiger partial charge in [0.2, 0.25) is 0 Å². The molecule has 1 aliphatic heterocycles. The number of esters is 2. The average molecular weight is 194 g/mol. The fraction of sp³-hybridized carbons (Fsp3) is 0.111. The summed E-state index contributed by atoms with van der Waals surface area (Å²) in [6, 6.07) is 1.20. The van der Waals surface area contributed by atoms with E-state index < -0.39 is 11.9 Å². The third-order valence-corrected chi connectivity index (χ3v) is 2.06. The highest BCUT2D eigenvalue weighted by Gasteiger charge is 2.36. The van der Waals surface area contributed by atoms with Crippen LogP contribution in [0.2, 0.25) is 0 Å². The Morgan fingerprint density at radius 2 is 1.71 bits per heavy atom. The minimum atomic E-state index is -0.933. The molecular weight excluding hydrogens is 188 g/mol. The molecule has 0 spiro atoms. The Bertz CT molecular complexity index is 461. The van der Waals surface area contributed by atoms with Crippen molar-refractivity contribution in [3.8, 4) is 11.5 Å². The molecule has 0 radical (unpaired) electrons. The predicted molar refractivity (Wildman–Crippen MR) is 44.3 cm³/mol. The number of cyclic esters (lactones) is 2. The van der Waals surface area contributed by atoms with Gasteiger partial charge in [-0.3, -0.25) is 0 Å². The minimum absolute atomic E-state index is 0.257. The van der Waals surface area contributed by atoms with E-state index in [2.05, 4.69) is 4.74 Å². The molecule has 1 heterocycles. The van der Waals surface area contributed by atoms with Crippen molar-refractivity contribution in [1.29, 1.82) is 0 Å². The van der Waals surface area contributed by atoms with Gasteiger partial charge in [-0.25, -0.2) is 9.59 Å². The van der Waals surface area contributed by atoms with E-state index in [4.69, 9.17) is 0 Å². The summed E-state index contributed by atoms with van der Waals surface area (Å²) in [4.78, 5) is 22.1. The van der Waals surface area contributed by atoms with Gasteiger partial charge < -0.3 is 14.9 Å². The maximum atomic E-state index is 11.1. The zero-order valence-corrected chi connectivity index (χ0v) is 7.20. The predicted octanol–water partition coefficient (Wildman–Crippen LogP) is 0.717. The topological polar surface area (TPSA) is 83.8 Å². The second kappa shape index (κ2) is 2.47. The van der Waals surface area contributed by atoms with E-state index >= 15 is 0 Å². The van der Waals surface area contributed by atoms with Crippen molar-refractivity contribution >= 4 is 11.9 Å². The number of carbonyl (C=O) groups excluding carboxylic acids is 2. The molecule has 72 valence electrons. The van der Waals surface area contributed by atoms with Crippen molar-refractivity contribution in [2.45, 2.75) is 6.92 Å². The van der Waals surface area contributed by atoms with E-state index in [1.807, 2.05) is 0 Å². The molecule has 0 fully saturated rings. The number of hydrogen-bond acceptors (Lipinski definition) is 5. The van der Waals surface area contributed by atoms with E-state index in [-0.39, 0.29) is 22.6 Å². The summed E-state index contributed by atoms with van der Waals surface area (Å²) in [7, 11) is 0. The number of hydrogen-bond donors (Lipinski definition) is 2. The number of fused-ring (bicyclic) bond motifs is 1. The van der Waals surface area contributed by atoms with Crippen molar-refractivity contribution in [3.63, 3.8) is 0 Å². The molecule has 0 atom stereocenters. The van der Waals surface area contributed by atoms with E-state index in [1.165, 1.54) is 13.0 Å². The highest BCUT2D eigenvalue weighted by Crippen LogP contribution is 2.37. The molecule has 5 nitrogen and oxygen atoms in total. The fourth-order valence-electron chi connectivity index (χ4n) is 1.38. The molecule has 0 unspecified atom stereocenters. The van der Waals surface area contributed by atoms with Gasteiger partial charge in [-0.1, -0.05) is 0 Å². The van der Waals surface area contributed by atoms with Gasteiger partial charge in [0.1, 0.15) is 22.6 Å². The molecule has 5 heteroatoms. The molecular formula is C9H6O5. The van der Waals surface area contributed by atoms with Gasteiger partial charge in [-0.2, -0.15) is 0 Å². The zero-order valence-electron chi connectivity index (χ0n) is 7.20. The maximum absolute atomic E-state index is 11.1. The van der Waals surface area contributed by atoms with E-state index in [1.54, 1.807) is 0 Å². The highest BCUT2D eigenvalue weighted by molar-refractivity contribution is 6.17. The van der Waals surface area contributed by atoms with Crippen LogP contribution >= 0.6 is 0 Å². The smallest absolute Gasteiger partial charge is 0.350 e. The summed E-state index contributed by atoms with van der Waals surface area (Å²) in [5.74, 6) is -2.54. The number of aromatic hydroxyl groups is 2.